The summed E-state index contributed by atoms with van der Waals surface area (Å²) < 4.78 is 5.40. The van der Waals surface area contributed by atoms with Crippen LogP contribution in [-0.2, 0) is 11.2 Å². The molecule has 0 fully saturated rings. The molecule has 0 saturated heterocycles. The molecule has 0 aliphatic heterocycles. The Labute approximate surface area is 123 Å². The van der Waals surface area contributed by atoms with E-state index >= 15 is 0 Å². The third-order valence-corrected chi connectivity index (χ3v) is 2.89. The van der Waals surface area contributed by atoms with Crippen molar-refractivity contribution in [2.45, 2.75) is 6.42 Å². The van der Waals surface area contributed by atoms with Crippen molar-refractivity contribution in [2.75, 3.05) is 24.3 Å². The van der Waals surface area contributed by atoms with Crippen molar-refractivity contribution in [1.29, 1.82) is 0 Å². The van der Waals surface area contributed by atoms with Gasteiger partial charge in [-0.25, -0.2) is 0 Å². The lowest BCUT2D eigenvalue weighted by molar-refractivity contribution is -0.118. The molecule has 0 aliphatic carbocycles. The number of hydrogen-bond acceptors (Lipinski definition) is 4. The van der Waals surface area contributed by atoms with E-state index in [-0.39, 0.29) is 19.1 Å². The summed E-state index contributed by atoms with van der Waals surface area (Å²) in [6, 6.07) is 14.2. The summed E-state index contributed by atoms with van der Waals surface area (Å²) in [6.07, 6.45) is 0.609. The molecule has 0 spiro atoms. The van der Waals surface area contributed by atoms with Crippen LogP contribution in [0.4, 0.5) is 11.4 Å². The normalized spacial score (nSPS) is 10.1. The van der Waals surface area contributed by atoms with Gasteiger partial charge in [0.05, 0.1) is 0 Å². The van der Waals surface area contributed by atoms with Gasteiger partial charge in [-0.3, -0.25) is 4.79 Å². The number of carbonyl (C=O) groups excluding carboxylic acids is 1. The van der Waals surface area contributed by atoms with Crippen LogP contribution in [0, 0.1) is 0 Å². The molecular weight excluding hydrogens is 268 g/mol. The standard InChI is InChI=1S/C16H18N2O3/c17-13-3-5-14(6-4-13)18-16(20)11-21-15-7-1-12(2-8-15)9-10-19/h1-8,19H,9-11,17H2,(H,18,20). The first-order valence-electron chi connectivity index (χ1n) is 6.65. The molecule has 0 saturated carbocycles. The zero-order valence-electron chi connectivity index (χ0n) is 11.6. The summed E-state index contributed by atoms with van der Waals surface area (Å²) in [6.45, 7) is 0.0495. The SMILES string of the molecule is Nc1ccc(NC(=O)COc2ccc(CCO)cc2)cc1. The van der Waals surface area contributed by atoms with Crippen molar-refractivity contribution in [2.24, 2.45) is 0 Å². The fourth-order valence-corrected chi connectivity index (χ4v) is 1.79. The Hall–Kier alpha value is -2.53. The molecule has 2 aromatic rings. The van der Waals surface area contributed by atoms with Crippen LogP contribution in [0.25, 0.3) is 0 Å². The molecule has 0 bridgehead atoms. The Balaban J connectivity index is 1.81. The van der Waals surface area contributed by atoms with Gasteiger partial charge in [-0.1, -0.05) is 12.1 Å². The van der Waals surface area contributed by atoms with E-state index in [4.69, 9.17) is 15.6 Å². The molecule has 21 heavy (non-hydrogen) atoms. The minimum atomic E-state index is -0.237. The third-order valence-electron chi connectivity index (χ3n) is 2.89. The number of benzene rings is 2. The molecule has 0 atom stereocenters. The van der Waals surface area contributed by atoms with Crippen LogP contribution in [0.2, 0.25) is 0 Å². The van der Waals surface area contributed by atoms with Gasteiger partial charge >= 0.3 is 0 Å². The van der Waals surface area contributed by atoms with Crippen molar-refractivity contribution >= 4 is 17.3 Å². The number of aliphatic hydroxyl groups excluding tert-OH is 1. The molecule has 0 radical (unpaired) electrons. The Morgan fingerprint density at radius 1 is 1.10 bits per heavy atom. The summed E-state index contributed by atoms with van der Waals surface area (Å²) in [7, 11) is 0. The number of nitrogens with two attached hydrogens (primary N) is 1. The van der Waals surface area contributed by atoms with E-state index in [0.29, 0.717) is 23.5 Å². The quantitative estimate of drug-likeness (QED) is 0.707. The number of amides is 1. The summed E-state index contributed by atoms with van der Waals surface area (Å²) in [5.74, 6) is 0.378. The predicted molar refractivity (Wildman–Crippen MR) is 82.2 cm³/mol. The third kappa shape index (κ3) is 4.81. The highest BCUT2D eigenvalue weighted by atomic mass is 16.5. The van der Waals surface area contributed by atoms with Gasteiger partial charge in [0.25, 0.3) is 5.91 Å². The number of rotatable bonds is 6. The first-order chi connectivity index (χ1) is 10.2. The highest BCUT2D eigenvalue weighted by Gasteiger charge is 2.04. The van der Waals surface area contributed by atoms with Crippen molar-refractivity contribution in [1.82, 2.24) is 0 Å². The summed E-state index contributed by atoms with van der Waals surface area (Å²) >= 11 is 0. The fourth-order valence-electron chi connectivity index (χ4n) is 1.79. The zero-order chi connectivity index (χ0) is 15.1. The van der Waals surface area contributed by atoms with Crippen molar-refractivity contribution in [3.05, 3.63) is 54.1 Å². The summed E-state index contributed by atoms with van der Waals surface area (Å²) in [4.78, 5) is 11.7. The second-order valence-electron chi connectivity index (χ2n) is 4.58. The van der Waals surface area contributed by atoms with Gasteiger partial charge in [0.1, 0.15) is 5.75 Å². The van der Waals surface area contributed by atoms with Gasteiger partial charge in [-0.15, -0.1) is 0 Å². The van der Waals surface area contributed by atoms with Crippen LogP contribution >= 0.6 is 0 Å². The minimum Gasteiger partial charge on any atom is -0.484 e. The highest BCUT2D eigenvalue weighted by Crippen LogP contribution is 2.13. The molecule has 2 aromatic carbocycles. The van der Waals surface area contributed by atoms with E-state index in [2.05, 4.69) is 5.32 Å². The first-order valence-corrected chi connectivity index (χ1v) is 6.65. The largest absolute Gasteiger partial charge is 0.484 e. The van der Waals surface area contributed by atoms with Gasteiger partial charge in [0.15, 0.2) is 6.61 Å². The maximum atomic E-state index is 11.7. The molecule has 0 aromatic heterocycles. The number of nitrogen functional groups attached to an aromatic ring is 1. The van der Waals surface area contributed by atoms with E-state index in [1.165, 1.54) is 0 Å². The average Bonchev–Trinajstić information content (AvgIpc) is 2.49. The van der Waals surface area contributed by atoms with E-state index < -0.39 is 0 Å². The van der Waals surface area contributed by atoms with E-state index in [0.717, 1.165) is 5.56 Å². The zero-order valence-corrected chi connectivity index (χ0v) is 11.6. The molecule has 5 nitrogen and oxygen atoms in total. The van der Waals surface area contributed by atoms with Gasteiger partial charge in [-0.05, 0) is 48.4 Å². The maximum Gasteiger partial charge on any atom is 0.262 e. The maximum absolute atomic E-state index is 11.7. The van der Waals surface area contributed by atoms with Gasteiger partial charge in [-0.2, -0.15) is 0 Å². The molecule has 0 heterocycles. The molecule has 0 aliphatic rings. The Morgan fingerprint density at radius 2 is 1.76 bits per heavy atom. The second-order valence-corrected chi connectivity index (χ2v) is 4.58. The number of aliphatic hydroxyl groups is 1. The minimum absolute atomic E-state index is 0.0658. The average molecular weight is 286 g/mol. The first kappa shape index (κ1) is 14.9. The molecule has 110 valence electrons. The van der Waals surface area contributed by atoms with Crippen LogP contribution in [0.1, 0.15) is 5.56 Å². The summed E-state index contributed by atoms with van der Waals surface area (Å²) in [5.41, 5.74) is 7.92. The number of anilines is 2. The van der Waals surface area contributed by atoms with Crippen molar-refractivity contribution in [3.8, 4) is 5.75 Å². The van der Waals surface area contributed by atoms with Gasteiger partial charge in [0, 0.05) is 18.0 Å². The van der Waals surface area contributed by atoms with E-state index in [9.17, 15) is 4.79 Å². The number of ether oxygens (including phenoxy) is 1. The lowest BCUT2D eigenvalue weighted by Gasteiger charge is -2.08. The highest BCUT2D eigenvalue weighted by molar-refractivity contribution is 5.92. The Kier molecular flexibility index (Phi) is 5.17. The topological polar surface area (TPSA) is 84.6 Å². The van der Waals surface area contributed by atoms with E-state index in [1.54, 1.807) is 36.4 Å². The van der Waals surface area contributed by atoms with Crippen molar-refractivity contribution in [3.63, 3.8) is 0 Å². The molecule has 0 unspecified atom stereocenters. The Bertz CT molecular complexity index is 579. The van der Waals surface area contributed by atoms with Crippen LogP contribution in [-0.4, -0.2) is 24.2 Å². The lowest BCUT2D eigenvalue weighted by atomic mass is 10.1. The monoisotopic (exact) mass is 286 g/mol. The van der Waals surface area contributed by atoms with E-state index in [1.807, 2.05) is 12.1 Å². The predicted octanol–water partition coefficient (Wildman–Crippen LogP) is 1.82. The number of carbonyl (C=O) groups is 1. The molecule has 1 amide bonds. The molecule has 5 heteroatoms. The fraction of sp³-hybridized carbons (Fsp3) is 0.188. The molecule has 4 N–H and O–H groups in total. The van der Waals surface area contributed by atoms with Crippen LogP contribution in [0.3, 0.4) is 0 Å². The van der Waals surface area contributed by atoms with Crippen LogP contribution in [0.15, 0.2) is 48.5 Å². The molecule has 2 rings (SSSR count). The smallest absolute Gasteiger partial charge is 0.262 e. The summed E-state index contributed by atoms with van der Waals surface area (Å²) in [5, 5.41) is 11.5. The number of hydrogen-bond donors (Lipinski definition) is 3. The van der Waals surface area contributed by atoms with Gasteiger partial charge in [0.2, 0.25) is 0 Å². The molecular formula is C16H18N2O3. The van der Waals surface area contributed by atoms with Gasteiger partial charge < -0.3 is 20.9 Å². The lowest BCUT2D eigenvalue weighted by Crippen LogP contribution is -2.20. The second kappa shape index (κ2) is 7.31. The Morgan fingerprint density at radius 3 is 2.38 bits per heavy atom. The van der Waals surface area contributed by atoms with Crippen LogP contribution < -0.4 is 15.8 Å². The van der Waals surface area contributed by atoms with Crippen LogP contribution in [0.5, 0.6) is 5.75 Å². The van der Waals surface area contributed by atoms with Crippen molar-refractivity contribution < 1.29 is 14.6 Å². The number of nitrogens with one attached hydrogen (secondary N) is 1.